The van der Waals surface area contributed by atoms with E-state index in [1.54, 1.807) is 63.2 Å². The lowest BCUT2D eigenvalue weighted by Crippen LogP contribution is -2.62. The second-order valence-electron chi connectivity index (χ2n) is 25.1. The number of ether oxygens (including phenoxy) is 2. The van der Waals surface area contributed by atoms with E-state index >= 15 is 0 Å². The smallest absolute Gasteiger partial charge is 0.208 e. The molecule has 3 aromatic carbocycles. The second-order valence-corrected chi connectivity index (χ2v) is 27.9. The van der Waals surface area contributed by atoms with Crippen LogP contribution in [0.2, 0.25) is 0 Å². The highest BCUT2D eigenvalue weighted by Crippen LogP contribution is 2.48. The Morgan fingerprint density at radius 1 is 0.612 bits per heavy atom. The molecule has 6 aromatic heterocycles. The molecule has 5 aliphatic rings. The Balaban J connectivity index is 0.000000125. The number of hydrogen-bond donors (Lipinski definition) is 3. The van der Waals surface area contributed by atoms with Crippen LogP contribution < -0.4 is 34.8 Å². The summed E-state index contributed by atoms with van der Waals surface area (Å²) in [7, 11) is 9.33. The van der Waals surface area contributed by atoms with Crippen molar-refractivity contribution in [3.05, 3.63) is 97.8 Å². The van der Waals surface area contributed by atoms with E-state index in [1.165, 1.54) is 56.3 Å². The lowest BCUT2D eigenvalue weighted by Gasteiger charge is -2.52. The molecule has 14 rings (SSSR count). The van der Waals surface area contributed by atoms with Crippen molar-refractivity contribution in [2.24, 2.45) is 24.9 Å². The summed E-state index contributed by atoms with van der Waals surface area (Å²) in [6, 6.07) is 20.1. The first-order chi connectivity index (χ1) is 40.9. The molecule has 0 bridgehead atoms. The quantitative estimate of drug-likeness (QED) is 0.104. The van der Waals surface area contributed by atoms with Crippen LogP contribution in [0.1, 0.15) is 85.5 Å². The van der Waals surface area contributed by atoms with Crippen molar-refractivity contribution < 1.29 is 14.6 Å². The number of hydrogen-bond acceptors (Lipinski definition) is 20. The van der Waals surface area contributed by atoms with Crippen LogP contribution in [0.3, 0.4) is 0 Å². The molecule has 446 valence electrons. The number of aryl methyl sites for hydroxylation is 2. The third-order valence-electron chi connectivity index (χ3n) is 17.3. The maximum Gasteiger partial charge on any atom is 0.208 e. The number of benzene rings is 3. The maximum absolute atomic E-state index is 10.6. The van der Waals surface area contributed by atoms with Gasteiger partial charge in [0.25, 0.3) is 0 Å². The standard InChI is InChI=1S/C21H28N6OS.C21H25N5OS.C20H24N6OS/c1-20(2)12-15(13-21(3,4)25-20)26(5)19-24-23-18(29-19)16-8-7-14(11-17(16)28)27-10-6-9-22-27;1-25-12-16(11-22-25)15-6-7-17(18(10-15)27-2)19-23-24-20(28-19)26-13-21(14-26)8-4-3-5-9-21;1-25-10-15(9-22-25)14-4-5-16(17(8-14)27-2)18-23-24-19(28-18)26-12-20(13-26)6-3-7-21-11-20/h6-11,15,25,28H,12-13H2,1-5H3;6-7,10-12H,3-5,8-9,13-14H2,1-2H3;4-5,8-10,21H,3,6-7,11-13H2,1-2H3. The molecule has 3 N–H and O–H groups in total. The SMILES string of the molecule is CN(c1nnc(-c2ccc(-n3cccn3)cc2O)s1)C1CC(C)(C)NC(C)(C)C1.COc1cc(-c2cnn(C)c2)ccc1-c1nnc(N2CC3(CCCCC3)C2)s1.COc1cc(-c2cnn(C)c2)ccc1-c1nnc(N2CC3(CCCNC3)C2)s1. The first-order valence-corrected chi connectivity index (χ1v) is 31.8. The zero-order valence-electron chi connectivity index (χ0n) is 50.1. The number of nitrogens with zero attached hydrogens (tertiary/aromatic N) is 15. The molecule has 1 aliphatic carbocycles. The second kappa shape index (κ2) is 23.9. The number of rotatable bonds is 12. The third-order valence-corrected chi connectivity index (χ3v) is 20.4. The van der Waals surface area contributed by atoms with Crippen molar-refractivity contribution in [3.63, 3.8) is 0 Å². The molecule has 0 radical (unpaired) electrons. The largest absolute Gasteiger partial charge is 0.507 e. The zero-order chi connectivity index (χ0) is 59.1. The minimum atomic E-state index is 0.0643. The summed E-state index contributed by atoms with van der Waals surface area (Å²) in [4.78, 5) is 6.98. The van der Waals surface area contributed by atoms with Crippen LogP contribution in [-0.4, -0.2) is 143 Å². The average Bonchev–Trinajstić information content (AvgIpc) is 3.98. The third kappa shape index (κ3) is 12.7. The Hall–Kier alpha value is -7.31. The first-order valence-electron chi connectivity index (χ1n) is 29.4. The molecular formula is C62H77N17O3S3. The van der Waals surface area contributed by atoms with E-state index in [0.29, 0.717) is 27.4 Å². The summed E-state index contributed by atoms with van der Waals surface area (Å²) in [6.07, 6.45) is 22.8. The molecule has 0 atom stereocenters. The van der Waals surface area contributed by atoms with Gasteiger partial charge >= 0.3 is 0 Å². The minimum Gasteiger partial charge on any atom is -0.507 e. The molecule has 5 fully saturated rings. The van der Waals surface area contributed by atoms with Crippen molar-refractivity contribution in [1.82, 2.24) is 70.6 Å². The molecule has 1 saturated carbocycles. The lowest BCUT2D eigenvalue weighted by molar-refractivity contribution is 0.139. The summed E-state index contributed by atoms with van der Waals surface area (Å²) in [5.74, 6) is 1.80. The first kappa shape index (κ1) is 58.1. The van der Waals surface area contributed by atoms with E-state index in [2.05, 4.69) is 130 Å². The van der Waals surface area contributed by atoms with Crippen molar-refractivity contribution in [3.8, 4) is 76.9 Å². The van der Waals surface area contributed by atoms with Crippen LogP contribution in [0, 0.1) is 10.8 Å². The summed E-state index contributed by atoms with van der Waals surface area (Å²) in [5.41, 5.74) is 8.87. The van der Waals surface area contributed by atoms with Crippen LogP contribution >= 0.6 is 34.0 Å². The van der Waals surface area contributed by atoms with Gasteiger partial charge in [0.15, 0.2) is 15.0 Å². The Kier molecular flexibility index (Phi) is 16.3. The Morgan fingerprint density at radius 3 is 1.66 bits per heavy atom. The molecule has 20 nitrogen and oxygen atoms in total. The highest BCUT2D eigenvalue weighted by atomic mass is 32.1. The van der Waals surface area contributed by atoms with Gasteiger partial charge in [-0.3, -0.25) is 9.36 Å². The number of anilines is 3. The van der Waals surface area contributed by atoms with Crippen LogP contribution in [0.4, 0.5) is 15.4 Å². The molecule has 4 aliphatic heterocycles. The minimum absolute atomic E-state index is 0.0643. The van der Waals surface area contributed by atoms with E-state index in [4.69, 9.17) is 9.47 Å². The molecular weight excluding hydrogens is 1130 g/mol. The van der Waals surface area contributed by atoms with E-state index in [1.807, 2.05) is 75.4 Å². The van der Waals surface area contributed by atoms with Crippen molar-refractivity contribution in [2.45, 2.75) is 103 Å². The van der Waals surface area contributed by atoms with Gasteiger partial charge in [-0.1, -0.05) is 65.4 Å². The normalized spacial score (nSPS) is 18.4. The number of phenols is 1. The molecule has 85 heavy (non-hydrogen) atoms. The van der Waals surface area contributed by atoms with Crippen LogP contribution in [0.25, 0.3) is 59.7 Å². The average molecular weight is 1200 g/mol. The summed E-state index contributed by atoms with van der Waals surface area (Å²) >= 11 is 4.81. The van der Waals surface area contributed by atoms with Crippen LogP contribution in [0.5, 0.6) is 17.2 Å². The number of aromatic nitrogens is 12. The monoisotopic (exact) mass is 1200 g/mol. The predicted octanol–water partition coefficient (Wildman–Crippen LogP) is 11.0. The summed E-state index contributed by atoms with van der Waals surface area (Å²) < 4.78 is 16.6. The van der Waals surface area contributed by atoms with Gasteiger partial charge in [0.2, 0.25) is 15.4 Å². The fraction of sp³-hybridized carbons (Fsp3) is 0.468. The van der Waals surface area contributed by atoms with Crippen molar-refractivity contribution in [2.75, 3.05) is 75.2 Å². The fourth-order valence-corrected chi connectivity index (χ4v) is 15.9. The van der Waals surface area contributed by atoms with Crippen molar-refractivity contribution in [1.29, 1.82) is 0 Å². The summed E-state index contributed by atoms with van der Waals surface area (Å²) in [5, 5.41) is 62.6. The molecule has 2 spiro atoms. The molecule has 23 heteroatoms. The van der Waals surface area contributed by atoms with E-state index in [0.717, 1.165) is 128 Å². The molecule has 10 heterocycles. The van der Waals surface area contributed by atoms with Crippen LogP contribution in [0.15, 0.2) is 97.8 Å². The van der Waals surface area contributed by atoms with Gasteiger partial charge in [-0.25, -0.2) is 4.68 Å². The van der Waals surface area contributed by atoms with Gasteiger partial charge in [-0.2, -0.15) is 15.3 Å². The highest BCUT2D eigenvalue weighted by molar-refractivity contribution is 7.19. The molecule has 0 unspecified atom stereocenters. The number of nitrogens with one attached hydrogen (secondary N) is 2. The van der Waals surface area contributed by atoms with Gasteiger partial charge in [0, 0.05) is 124 Å². The zero-order valence-corrected chi connectivity index (χ0v) is 52.6. The predicted molar refractivity (Wildman–Crippen MR) is 340 cm³/mol. The molecule has 0 amide bonds. The molecule has 4 saturated heterocycles. The number of methoxy groups -OCH3 is 2. The van der Waals surface area contributed by atoms with E-state index in [-0.39, 0.29) is 16.8 Å². The van der Waals surface area contributed by atoms with Gasteiger partial charge in [-0.15, -0.1) is 30.6 Å². The van der Waals surface area contributed by atoms with Gasteiger partial charge < -0.3 is 39.9 Å². The van der Waals surface area contributed by atoms with Gasteiger partial charge in [-0.05, 0) is 126 Å². The number of aromatic hydroxyl groups is 1. The number of piperidine rings is 2. The van der Waals surface area contributed by atoms with Crippen LogP contribution in [-0.2, 0) is 14.1 Å². The van der Waals surface area contributed by atoms with Gasteiger partial charge in [0.05, 0.1) is 49.0 Å². The molecule has 9 aromatic rings. The van der Waals surface area contributed by atoms with Crippen molar-refractivity contribution >= 4 is 49.4 Å². The Morgan fingerprint density at radius 2 is 1.15 bits per heavy atom. The topological polar surface area (TPSA) is 203 Å². The Bertz CT molecular complexity index is 3550. The van der Waals surface area contributed by atoms with E-state index in [9.17, 15) is 5.11 Å². The highest BCUT2D eigenvalue weighted by Gasteiger charge is 2.46. The summed E-state index contributed by atoms with van der Waals surface area (Å²) in [6.45, 7) is 15.7. The maximum atomic E-state index is 10.6. The number of phenolic OH excluding ortho intramolecular Hbond substituents is 1. The Labute approximate surface area is 509 Å². The lowest BCUT2D eigenvalue weighted by atomic mass is 9.69. The van der Waals surface area contributed by atoms with E-state index < -0.39 is 0 Å². The van der Waals surface area contributed by atoms with Gasteiger partial charge in [0.1, 0.15) is 17.2 Å². The fourth-order valence-electron chi connectivity index (χ4n) is 13.3.